The van der Waals surface area contributed by atoms with Crippen LogP contribution in [-0.2, 0) is 0 Å². The number of aromatic amines is 1. The van der Waals surface area contributed by atoms with Crippen molar-refractivity contribution in [2.45, 2.75) is 13.0 Å². The quantitative estimate of drug-likeness (QED) is 0.741. The van der Waals surface area contributed by atoms with Crippen LogP contribution < -0.4 is 5.32 Å². The molecule has 2 N–H and O–H groups in total. The molecule has 0 aliphatic heterocycles. The molecule has 0 radical (unpaired) electrons. The minimum atomic E-state index is -0.395. The molecule has 6 heteroatoms. The first-order valence-corrected chi connectivity index (χ1v) is 7.54. The molecule has 3 aromatic rings. The molecular formula is C16H13BrFN3O. The molecule has 0 fully saturated rings. The van der Waals surface area contributed by atoms with E-state index in [1.165, 1.54) is 18.2 Å². The average molecular weight is 362 g/mol. The van der Waals surface area contributed by atoms with Crippen molar-refractivity contribution >= 4 is 32.9 Å². The van der Waals surface area contributed by atoms with Gasteiger partial charge in [0.1, 0.15) is 11.6 Å². The van der Waals surface area contributed by atoms with Gasteiger partial charge in [0.25, 0.3) is 5.91 Å². The molecule has 1 aromatic heterocycles. The highest BCUT2D eigenvalue weighted by Crippen LogP contribution is 2.20. The van der Waals surface area contributed by atoms with Crippen molar-refractivity contribution in [3.8, 4) is 0 Å². The van der Waals surface area contributed by atoms with Crippen LogP contribution >= 0.6 is 15.9 Å². The van der Waals surface area contributed by atoms with Crippen LogP contribution in [0.15, 0.2) is 46.9 Å². The van der Waals surface area contributed by atoms with Gasteiger partial charge in [-0.3, -0.25) is 4.79 Å². The van der Waals surface area contributed by atoms with Gasteiger partial charge in [0.15, 0.2) is 0 Å². The highest BCUT2D eigenvalue weighted by molar-refractivity contribution is 9.10. The smallest absolute Gasteiger partial charge is 0.253 e. The van der Waals surface area contributed by atoms with Gasteiger partial charge in [0.2, 0.25) is 0 Å². The lowest BCUT2D eigenvalue weighted by Crippen LogP contribution is -2.27. The second-order valence-corrected chi connectivity index (χ2v) is 5.81. The van der Waals surface area contributed by atoms with Crippen LogP contribution in [0.3, 0.4) is 0 Å². The molecule has 2 aromatic carbocycles. The van der Waals surface area contributed by atoms with Crippen LogP contribution in [0.2, 0.25) is 0 Å². The van der Waals surface area contributed by atoms with Gasteiger partial charge in [-0.25, -0.2) is 9.37 Å². The number of aromatic nitrogens is 2. The van der Waals surface area contributed by atoms with Gasteiger partial charge in [-0.1, -0.05) is 12.1 Å². The van der Waals surface area contributed by atoms with E-state index >= 15 is 0 Å². The summed E-state index contributed by atoms with van der Waals surface area (Å²) < 4.78 is 13.5. The fourth-order valence-electron chi connectivity index (χ4n) is 2.19. The second-order valence-electron chi connectivity index (χ2n) is 4.96. The molecule has 3 rings (SSSR count). The number of imidazole rings is 1. The number of hydrogen-bond acceptors (Lipinski definition) is 2. The Morgan fingerprint density at radius 3 is 2.82 bits per heavy atom. The molecule has 22 heavy (non-hydrogen) atoms. The monoisotopic (exact) mass is 361 g/mol. The minimum absolute atomic E-state index is 0.292. The van der Waals surface area contributed by atoms with Gasteiger partial charge in [0.05, 0.1) is 22.6 Å². The van der Waals surface area contributed by atoms with Crippen molar-refractivity contribution in [3.63, 3.8) is 0 Å². The molecular weight excluding hydrogens is 349 g/mol. The van der Waals surface area contributed by atoms with Crippen molar-refractivity contribution in [2.24, 2.45) is 0 Å². The molecule has 0 aliphatic rings. The summed E-state index contributed by atoms with van der Waals surface area (Å²) in [6.07, 6.45) is 0. The number of benzene rings is 2. The zero-order valence-electron chi connectivity index (χ0n) is 11.7. The van der Waals surface area contributed by atoms with Crippen LogP contribution in [0.5, 0.6) is 0 Å². The van der Waals surface area contributed by atoms with E-state index in [9.17, 15) is 9.18 Å². The summed E-state index contributed by atoms with van der Waals surface area (Å²) >= 11 is 3.20. The molecule has 1 heterocycles. The van der Waals surface area contributed by atoms with E-state index in [0.29, 0.717) is 15.9 Å². The van der Waals surface area contributed by atoms with Crippen molar-refractivity contribution in [3.05, 3.63) is 64.1 Å². The Morgan fingerprint density at radius 1 is 1.32 bits per heavy atom. The van der Waals surface area contributed by atoms with Gasteiger partial charge < -0.3 is 10.3 Å². The summed E-state index contributed by atoms with van der Waals surface area (Å²) in [5.41, 5.74) is 2.15. The molecule has 0 unspecified atom stereocenters. The maximum atomic E-state index is 13.1. The van der Waals surface area contributed by atoms with E-state index in [4.69, 9.17) is 0 Å². The third-order valence-corrected chi connectivity index (χ3v) is 4.00. The second kappa shape index (κ2) is 5.88. The number of carbonyl (C=O) groups is 1. The lowest BCUT2D eigenvalue weighted by atomic mass is 10.2. The number of nitrogens with one attached hydrogen (secondary N) is 2. The Morgan fingerprint density at radius 2 is 2.09 bits per heavy atom. The number of hydrogen-bond donors (Lipinski definition) is 2. The first-order valence-electron chi connectivity index (χ1n) is 6.75. The van der Waals surface area contributed by atoms with Crippen LogP contribution in [-0.4, -0.2) is 15.9 Å². The summed E-state index contributed by atoms with van der Waals surface area (Å²) in [6.45, 7) is 1.84. The van der Waals surface area contributed by atoms with Crippen LogP contribution in [0, 0.1) is 5.82 Å². The summed E-state index contributed by atoms with van der Waals surface area (Å²) in [5, 5.41) is 2.85. The number of para-hydroxylation sites is 2. The predicted molar refractivity (Wildman–Crippen MR) is 86.1 cm³/mol. The minimum Gasteiger partial charge on any atom is -0.342 e. The normalized spacial score (nSPS) is 12.3. The maximum absolute atomic E-state index is 13.1. The summed E-state index contributed by atoms with van der Waals surface area (Å²) in [5.74, 6) is -0.0126. The molecule has 1 atom stereocenters. The number of halogens is 2. The highest BCUT2D eigenvalue weighted by Gasteiger charge is 2.16. The molecule has 0 saturated carbocycles. The summed E-state index contributed by atoms with van der Waals surface area (Å²) in [4.78, 5) is 19.9. The third-order valence-electron chi connectivity index (χ3n) is 3.34. The fraction of sp³-hybridized carbons (Fsp3) is 0.125. The number of rotatable bonds is 3. The van der Waals surface area contributed by atoms with Crippen molar-refractivity contribution in [1.29, 1.82) is 0 Å². The lowest BCUT2D eigenvalue weighted by molar-refractivity contribution is 0.0937. The number of H-pyrrole nitrogens is 1. The Bertz CT molecular complexity index is 813. The molecule has 0 bridgehead atoms. The van der Waals surface area contributed by atoms with Crippen molar-refractivity contribution in [2.75, 3.05) is 0 Å². The van der Waals surface area contributed by atoms with Crippen LogP contribution in [0.25, 0.3) is 11.0 Å². The van der Waals surface area contributed by atoms with E-state index in [2.05, 4.69) is 31.2 Å². The van der Waals surface area contributed by atoms with Gasteiger partial charge >= 0.3 is 0 Å². The Labute approximate surface area is 134 Å². The topological polar surface area (TPSA) is 57.8 Å². The van der Waals surface area contributed by atoms with Crippen molar-refractivity contribution < 1.29 is 9.18 Å². The summed E-state index contributed by atoms with van der Waals surface area (Å²) in [7, 11) is 0. The Kier molecular flexibility index (Phi) is 3.94. The molecule has 0 aliphatic carbocycles. The molecule has 1 amide bonds. The number of carbonyl (C=O) groups excluding carboxylic acids is 1. The van der Waals surface area contributed by atoms with E-state index < -0.39 is 5.82 Å². The third kappa shape index (κ3) is 2.87. The van der Waals surface area contributed by atoms with E-state index in [0.717, 1.165) is 11.0 Å². The number of fused-ring (bicyclic) bond motifs is 1. The summed E-state index contributed by atoms with van der Waals surface area (Å²) in [6, 6.07) is 11.3. The van der Waals surface area contributed by atoms with E-state index in [-0.39, 0.29) is 11.9 Å². The largest absolute Gasteiger partial charge is 0.342 e. The van der Waals surface area contributed by atoms with E-state index in [1.54, 1.807) is 0 Å². The van der Waals surface area contributed by atoms with Crippen LogP contribution in [0.1, 0.15) is 29.1 Å². The zero-order chi connectivity index (χ0) is 15.7. The standard InChI is InChI=1S/C16H13BrFN3O/c1-9(15-20-13-4-2-3-5-14(13)21-15)19-16(22)11-7-6-10(18)8-12(11)17/h2-9H,1H3,(H,19,22)(H,20,21)/t9-/m1/s1. The first-order chi connectivity index (χ1) is 10.5. The lowest BCUT2D eigenvalue weighted by Gasteiger charge is -2.12. The molecule has 0 spiro atoms. The van der Waals surface area contributed by atoms with Crippen molar-refractivity contribution in [1.82, 2.24) is 15.3 Å². The Balaban J connectivity index is 1.81. The number of nitrogens with zero attached hydrogens (tertiary/aromatic N) is 1. The molecule has 4 nitrogen and oxygen atoms in total. The van der Waals surface area contributed by atoms with E-state index in [1.807, 2.05) is 31.2 Å². The maximum Gasteiger partial charge on any atom is 0.253 e. The SMILES string of the molecule is C[C@@H](NC(=O)c1ccc(F)cc1Br)c1nc2ccccc2[nH]1. The first kappa shape index (κ1) is 14.7. The van der Waals surface area contributed by atoms with Crippen LogP contribution in [0.4, 0.5) is 4.39 Å². The van der Waals surface area contributed by atoms with Gasteiger partial charge in [-0.15, -0.1) is 0 Å². The van der Waals surface area contributed by atoms with Gasteiger partial charge in [0, 0.05) is 4.47 Å². The van der Waals surface area contributed by atoms with Gasteiger partial charge in [-0.2, -0.15) is 0 Å². The fourth-order valence-corrected chi connectivity index (χ4v) is 2.72. The highest BCUT2D eigenvalue weighted by atomic mass is 79.9. The van der Waals surface area contributed by atoms with Gasteiger partial charge in [-0.05, 0) is 53.2 Å². The molecule has 112 valence electrons. The Hall–Kier alpha value is -2.21. The zero-order valence-corrected chi connectivity index (χ0v) is 13.3. The number of amides is 1. The predicted octanol–water partition coefficient (Wildman–Crippen LogP) is 3.96. The molecule has 0 saturated heterocycles. The average Bonchev–Trinajstić information content (AvgIpc) is 2.91.